The molecule has 2 N–H and O–H groups in total. The average molecular weight is 291 g/mol. The smallest absolute Gasteiger partial charge is 0.395 e. The number of amides is 1. The van der Waals surface area contributed by atoms with Gasteiger partial charge in [-0.05, 0) is 30.4 Å². The number of carbonyl (C=O) groups is 1. The molecule has 2 aromatic rings. The number of nitro groups is 1. The summed E-state index contributed by atoms with van der Waals surface area (Å²) in [6, 6.07) is 11.3. The number of nitrogens with one attached hydrogen (secondary N) is 2. The molecule has 0 radical (unpaired) electrons. The van der Waals surface area contributed by atoms with Gasteiger partial charge in [0.2, 0.25) is 0 Å². The number of hydrogen-bond acceptors (Lipinski definition) is 5. The fourth-order valence-corrected chi connectivity index (χ4v) is 1.61. The van der Waals surface area contributed by atoms with Crippen molar-refractivity contribution in [3.63, 3.8) is 0 Å². The Hall–Kier alpha value is -2.74. The van der Waals surface area contributed by atoms with Crippen LogP contribution in [0.25, 0.3) is 0 Å². The molecule has 0 unspecified atom stereocenters. The second-order valence-corrected chi connectivity index (χ2v) is 4.08. The van der Waals surface area contributed by atoms with Gasteiger partial charge in [-0.3, -0.25) is 20.2 Å². The van der Waals surface area contributed by atoms with Gasteiger partial charge in [-0.1, -0.05) is 18.2 Å². The number of furan rings is 1. The van der Waals surface area contributed by atoms with Crippen molar-refractivity contribution in [1.29, 1.82) is 0 Å². The van der Waals surface area contributed by atoms with Crippen LogP contribution in [-0.4, -0.2) is 15.9 Å². The van der Waals surface area contributed by atoms with Crippen molar-refractivity contribution < 1.29 is 14.1 Å². The number of para-hydroxylation sites is 1. The van der Waals surface area contributed by atoms with Crippen molar-refractivity contribution in [3.05, 3.63) is 58.3 Å². The molecule has 2 rings (SSSR count). The van der Waals surface area contributed by atoms with Gasteiger partial charge in [0.05, 0.1) is 6.07 Å². The maximum Gasteiger partial charge on any atom is 0.433 e. The minimum atomic E-state index is -0.725. The van der Waals surface area contributed by atoms with E-state index in [-0.39, 0.29) is 10.9 Å². The summed E-state index contributed by atoms with van der Waals surface area (Å²) >= 11 is 4.95. The second-order valence-electron chi connectivity index (χ2n) is 3.67. The van der Waals surface area contributed by atoms with Gasteiger partial charge in [0.25, 0.3) is 5.91 Å². The number of anilines is 1. The van der Waals surface area contributed by atoms with Gasteiger partial charge in [0.1, 0.15) is 4.92 Å². The first-order chi connectivity index (χ1) is 9.56. The second kappa shape index (κ2) is 5.93. The molecule has 0 atom stereocenters. The largest absolute Gasteiger partial charge is 0.433 e. The Morgan fingerprint density at radius 3 is 2.50 bits per heavy atom. The van der Waals surface area contributed by atoms with Crippen LogP contribution in [0.5, 0.6) is 0 Å². The summed E-state index contributed by atoms with van der Waals surface area (Å²) in [6.45, 7) is 0. The molecule has 8 heteroatoms. The fourth-order valence-electron chi connectivity index (χ4n) is 1.40. The zero-order valence-electron chi connectivity index (χ0n) is 10.0. The van der Waals surface area contributed by atoms with Crippen molar-refractivity contribution in [2.24, 2.45) is 0 Å². The predicted molar refractivity (Wildman–Crippen MR) is 75.5 cm³/mol. The van der Waals surface area contributed by atoms with E-state index in [9.17, 15) is 14.9 Å². The number of nitrogens with zero attached hydrogens (tertiary/aromatic N) is 1. The van der Waals surface area contributed by atoms with Crippen molar-refractivity contribution in [3.8, 4) is 0 Å². The Morgan fingerprint density at radius 1 is 1.20 bits per heavy atom. The number of hydrogen-bond donors (Lipinski definition) is 2. The molecule has 102 valence electrons. The van der Waals surface area contributed by atoms with Crippen LogP contribution in [-0.2, 0) is 0 Å². The lowest BCUT2D eigenvalue weighted by Crippen LogP contribution is -2.33. The zero-order valence-corrected chi connectivity index (χ0v) is 10.8. The van der Waals surface area contributed by atoms with Gasteiger partial charge >= 0.3 is 5.88 Å². The molecule has 1 heterocycles. The van der Waals surface area contributed by atoms with Gasteiger partial charge < -0.3 is 9.73 Å². The molecule has 0 aliphatic carbocycles. The van der Waals surface area contributed by atoms with E-state index in [2.05, 4.69) is 10.6 Å². The van der Waals surface area contributed by atoms with Crippen LogP contribution in [0.4, 0.5) is 11.6 Å². The summed E-state index contributed by atoms with van der Waals surface area (Å²) in [5, 5.41) is 15.7. The summed E-state index contributed by atoms with van der Waals surface area (Å²) < 4.78 is 4.76. The molecular weight excluding hydrogens is 282 g/mol. The molecule has 0 aliphatic heterocycles. The van der Waals surface area contributed by atoms with Crippen molar-refractivity contribution in [2.45, 2.75) is 0 Å². The standard InChI is InChI=1S/C12H9N3O4S/c16-11(9-6-7-10(19-9)15(17)18)14-12(20)13-8-4-2-1-3-5-8/h1-7H,(H2,13,14,16,20). The normalized spacial score (nSPS) is 9.80. The SMILES string of the molecule is O=C(NC(=S)Nc1ccccc1)c1ccc([N+](=O)[O-])o1. The van der Waals surface area contributed by atoms with E-state index in [0.717, 1.165) is 6.07 Å². The number of benzene rings is 1. The molecular formula is C12H9N3O4S. The number of rotatable bonds is 3. The van der Waals surface area contributed by atoms with Gasteiger partial charge in [-0.15, -0.1) is 0 Å². The maximum absolute atomic E-state index is 11.7. The summed E-state index contributed by atoms with van der Waals surface area (Å²) in [5.74, 6) is -1.35. The molecule has 0 bridgehead atoms. The van der Waals surface area contributed by atoms with E-state index in [1.807, 2.05) is 18.2 Å². The Bertz CT molecular complexity index is 654. The quantitative estimate of drug-likeness (QED) is 0.511. The zero-order chi connectivity index (χ0) is 14.5. The van der Waals surface area contributed by atoms with Crippen LogP contribution in [0.2, 0.25) is 0 Å². The Morgan fingerprint density at radius 2 is 1.90 bits per heavy atom. The molecule has 0 saturated carbocycles. The molecule has 7 nitrogen and oxygen atoms in total. The highest BCUT2D eigenvalue weighted by molar-refractivity contribution is 7.80. The third kappa shape index (κ3) is 3.39. The lowest BCUT2D eigenvalue weighted by atomic mass is 10.3. The molecule has 1 amide bonds. The summed E-state index contributed by atoms with van der Waals surface area (Å²) in [5.41, 5.74) is 0.711. The van der Waals surface area contributed by atoms with E-state index >= 15 is 0 Å². The van der Waals surface area contributed by atoms with E-state index in [1.54, 1.807) is 12.1 Å². The topological polar surface area (TPSA) is 97.4 Å². The Balaban J connectivity index is 1.97. The molecule has 20 heavy (non-hydrogen) atoms. The van der Waals surface area contributed by atoms with E-state index in [4.69, 9.17) is 16.6 Å². The summed E-state index contributed by atoms with van der Waals surface area (Å²) in [6.07, 6.45) is 0. The number of carbonyl (C=O) groups excluding carboxylic acids is 1. The van der Waals surface area contributed by atoms with Crippen LogP contribution in [0, 0.1) is 10.1 Å². The fraction of sp³-hybridized carbons (Fsp3) is 0. The van der Waals surface area contributed by atoms with Crippen LogP contribution >= 0.6 is 12.2 Å². The molecule has 0 fully saturated rings. The van der Waals surface area contributed by atoms with Crippen LogP contribution in [0.15, 0.2) is 46.9 Å². The van der Waals surface area contributed by atoms with E-state index in [0.29, 0.717) is 5.69 Å². The third-order valence-corrected chi connectivity index (χ3v) is 2.46. The monoisotopic (exact) mass is 291 g/mol. The van der Waals surface area contributed by atoms with Crippen LogP contribution in [0.1, 0.15) is 10.6 Å². The third-order valence-electron chi connectivity index (χ3n) is 2.25. The molecule has 1 aromatic heterocycles. The molecule has 0 saturated heterocycles. The van der Waals surface area contributed by atoms with Crippen molar-refractivity contribution in [1.82, 2.24) is 5.32 Å². The van der Waals surface area contributed by atoms with Crippen molar-refractivity contribution >= 4 is 34.8 Å². The minimum absolute atomic E-state index is 0.0697. The Labute approximate surface area is 118 Å². The highest BCUT2D eigenvalue weighted by atomic mass is 32.1. The minimum Gasteiger partial charge on any atom is -0.395 e. The van der Waals surface area contributed by atoms with E-state index < -0.39 is 16.7 Å². The number of thiocarbonyl (C=S) groups is 1. The van der Waals surface area contributed by atoms with Crippen LogP contribution in [0.3, 0.4) is 0 Å². The lowest BCUT2D eigenvalue weighted by Gasteiger charge is -2.07. The van der Waals surface area contributed by atoms with Gasteiger partial charge in [-0.25, -0.2) is 0 Å². The first kappa shape index (κ1) is 13.7. The Kier molecular flexibility index (Phi) is 4.06. The molecule has 0 aliphatic rings. The highest BCUT2D eigenvalue weighted by Crippen LogP contribution is 2.15. The van der Waals surface area contributed by atoms with E-state index in [1.165, 1.54) is 6.07 Å². The summed E-state index contributed by atoms with van der Waals surface area (Å²) in [4.78, 5) is 21.4. The predicted octanol–water partition coefficient (Wildman–Crippen LogP) is 2.31. The molecule has 1 aromatic carbocycles. The lowest BCUT2D eigenvalue weighted by molar-refractivity contribution is -0.402. The molecule has 0 spiro atoms. The van der Waals surface area contributed by atoms with Gasteiger partial charge in [-0.2, -0.15) is 0 Å². The maximum atomic E-state index is 11.7. The van der Waals surface area contributed by atoms with Crippen LogP contribution < -0.4 is 10.6 Å². The van der Waals surface area contributed by atoms with Crippen molar-refractivity contribution in [2.75, 3.05) is 5.32 Å². The van der Waals surface area contributed by atoms with Gasteiger partial charge in [0.15, 0.2) is 10.9 Å². The summed E-state index contributed by atoms with van der Waals surface area (Å²) in [7, 11) is 0. The highest BCUT2D eigenvalue weighted by Gasteiger charge is 2.17. The first-order valence-corrected chi connectivity index (χ1v) is 5.88. The van der Waals surface area contributed by atoms with Gasteiger partial charge in [0, 0.05) is 5.69 Å². The average Bonchev–Trinajstić information content (AvgIpc) is 2.89. The first-order valence-electron chi connectivity index (χ1n) is 5.48.